The summed E-state index contributed by atoms with van der Waals surface area (Å²) in [6, 6.07) is 6.74. The number of hydrazone groups is 1. The van der Waals surface area contributed by atoms with Gasteiger partial charge < -0.3 is 0 Å². The highest BCUT2D eigenvalue weighted by atomic mass is 19.1. The summed E-state index contributed by atoms with van der Waals surface area (Å²) in [5, 5.41) is 6.80. The Morgan fingerprint density at radius 1 is 1.12 bits per heavy atom. The summed E-state index contributed by atoms with van der Waals surface area (Å²) in [5.41, 5.74) is 2.76. The van der Waals surface area contributed by atoms with Gasteiger partial charge in [0.1, 0.15) is 5.82 Å². The van der Waals surface area contributed by atoms with Crippen molar-refractivity contribution in [1.82, 2.24) is 5.01 Å². The summed E-state index contributed by atoms with van der Waals surface area (Å²) < 4.78 is 14.2. The molecule has 4 fully saturated rings. The van der Waals surface area contributed by atoms with E-state index >= 15 is 0 Å². The molecular weight excluding hydrogens is 411 g/mol. The van der Waals surface area contributed by atoms with Crippen molar-refractivity contribution >= 4 is 11.6 Å². The minimum absolute atomic E-state index is 0.0511. The molecule has 6 rings (SSSR count). The van der Waals surface area contributed by atoms with Crippen LogP contribution in [0, 0.1) is 46.2 Å². The van der Waals surface area contributed by atoms with Gasteiger partial charge in [0.15, 0.2) is 0 Å². The van der Waals surface area contributed by atoms with Crippen LogP contribution in [0.1, 0.15) is 96.6 Å². The fourth-order valence-corrected chi connectivity index (χ4v) is 9.43. The maximum Gasteiger partial charge on any atom is 0.242 e. The van der Waals surface area contributed by atoms with Gasteiger partial charge in [0.25, 0.3) is 0 Å². The van der Waals surface area contributed by atoms with Gasteiger partial charge in [-0.25, -0.2) is 9.40 Å². The molecule has 4 aliphatic carbocycles. The molecule has 1 aromatic carbocycles. The third kappa shape index (κ3) is 3.04. The highest BCUT2D eigenvalue weighted by Gasteiger charge is 2.64. The number of carbonyl (C=O) groups excluding carboxylic acids is 1. The van der Waals surface area contributed by atoms with Crippen molar-refractivity contribution in [2.24, 2.45) is 45.5 Å². The average Bonchev–Trinajstić information content (AvgIpc) is 3.32. The van der Waals surface area contributed by atoms with E-state index in [1.165, 1.54) is 63.1 Å². The van der Waals surface area contributed by atoms with E-state index in [1.54, 1.807) is 17.1 Å². The van der Waals surface area contributed by atoms with Crippen molar-refractivity contribution in [3.8, 4) is 0 Å². The van der Waals surface area contributed by atoms with Gasteiger partial charge >= 0.3 is 0 Å². The van der Waals surface area contributed by atoms with Crippen LogP contribution in [0.2, 0.25) is 0 Å². The quantitative estimate of drug-likeness (QED) is 0.471. The number of benzene rings is 1. The summed E-state index contributed by atoms with van der Waals surface area (Å²) in [5.74, 6) is 3.25. The Labute approximate surface area is 198 Å². The van der Waals surface area contributed by atoms with Crippen molar-refractivity contribution in [2.45, 2.75) is 91.0 Å². The molecule has 0 spiro atoms. The number of amides is 1. The Balaban J connectivity index is 1.37. The molecule has 3 nitrogen and oxygen atoms in total. The first-order valence-electron chi connectivity index (χ1n) is 13.5. The first-order chi connectivity index (χ1) is 15.9. The molecule has 178 valence electrons. The van der Waals surface area contributed by atoms with Gasteiger partial charge in [-0.3, -0.25) is 4.79 Å². The maximum absolute atomic E-state index is 14.2. The molecule has 1 aliphatic heterocycles. The predicted octanol–water partition coefficient (Wildman–Crippen LogP) is 7.13. The van der Waals surface area contributed by atoms with Crippen LogP contribution in [-0.2, 0) is 4.79 Å². The minimum atomic E-state index is -0.227. The SMILES string of the molecule is CCC(=O)N1N=C2[C@H](C[C@@H]3[C@H]4CC[C@H]5CCCC[C@]5(C)[C@@H]4CC[C@]23C)[C@H]1c1cccc(F)c1. The molecule has 4 heteroatoms. The summed E-state index contributed by atoms with van der Waals surface area (Å²) in [6.45, 7) is 6.98. The largest absolute Gasteiger partial charge is 0.273 e. The van der Waals surface area contributed by atoms with Gasteiger partial charge in [-0.05, 0) is 91.7 Å². The summed E-state index contributed by atoms with van der Waals surface area (Å²) in [6.07, 6.45) is 12.5. The Morgan fingerprint density at radius 3 is 2.76 bits per heavy atom. The molecular formula is C29H39FN2O. The third-order valence-corrected chi connectivity index (χ3v) is 11.0. The molecule has 0 bridgehead atoms. The van der Waals surface area contributed by atoms with Gasteiger partial charge in [-0.15, -0.1) is 0 Å². The molecule has 5 aliphatic rings. The smallest absolute Gasteiger partial charge is 0.242 e. The van der Waals surface area contributed by atoms with Crippen LogP contribution in [-0.4, -0.2) is 16.6 Å². The highest BCUT2D eigenvalue weighted by molar-refractivity contribution is 5.98. The monoisotopic (exact) mass is 450 g/mol. The number of hydrogen-bond donors (Lipinski definition) is 0. The fourth-order valence-electron chi connectivity index (χ4n) is 9.43. The average molecular weight is 451 g/mol. The standard InChI is InChI=1S/C29H39FN2O/c1-4-25(33)32-26(18-8-7-10-20(30)16-18)22-17-24-21-12-11-19-9-5-6-14-28(19,2)23(21)13-15-29(24,3)27(22)31-32/h7-8,10,16,19,21-24,26H,4-6,9,11-15,17H2,1-3H3/t19-,21+,22-,23-,24-,26-,28+,29+/m1/s1. The molecule has 0 radical (unpaired) electrons. The molecule has 1 amide bonds. The Kier molecular flexibility index (Phi) is 5.05. The number of halogens is 1. The molecule has 33 heavy (non-hydrogen) atoms. The second-order valence-electron chi connectivity index (χ2n) is 12.3. The zero-order chi connectivity index (χ0) is 23.0. The highest BCUT2D eigenvalue weighted by Crippen LogP contribution is 2.68. The molecule has 1 aromatic rings. The zero-order valence-corrected chi connectivity index (χ0v) is 20.5. The van der Waals surface area contributed by atoms with Crippen molar-refractivity contribution in [2.75, 3.05) is 0 Å². The minimum Gasteiger partial charge on any atom is -0.273 e. The van der Waals surface area contributed by atoms with E-state index in [1.807, 2.05) is 13.0 Å². The lowest BCUT2D eigenvalue weighted by Gasteiger charge is -2.59. The van der Waals surface area contributed by atoms with Crippen LogP contribution in [0.3, 0.4) is 0 Å². The van der Waals surface area contributed by atoms with Gasteiger partial charge in [-0.2, -0.15) is 5.10 Å². The number of nitrogens with zero attached hydrogens (tertiary/aromatic N) is 2. The molecule has 8 atom stereocenters. The fraction of sp³-hybridized carbons (Fsp3) is 0.724. The predicted molar refractivity (Wildman–Crippen MR) is 129 cm³/mol. The molecule has 4 saturated carbocycles. The van der Waals surface area contributed by atoms with Crippen molar-refractivity contribution in [1.29, 1.82) is 0 Å². The van der Waals surface area contributed by atoms with E-state index in [0.29, 0.717) is 17.8 Å². The number of hydrogen-bond acceptors (Lipinski definition) is 2. The van der Waals surface area contributed by atoms with E-state index in [4.69, 9.17) is 5.10 Å². The maximum atomic E-state index is 14.2. The normalized spacial score (nSPS) is 43.9. The first kappa shape index (κ1) is 21.8. The van der Waals surface area contributed by atoms with E-state index < -0.39 is 0 Å². The van der Waals surface area contributed by atoms with Crippen LogP contribution >= 0.6 is 0 Å². The second kappa shape index (κ2) is 7.65. The van der Waals surface area contributed by atoms with Crippen molar-refractivity contribution in [3.63, 3.8) is 0 Å². The number of rotatable bonds is 2. The lowest BCUT2D eigenvalue weighted by Crippen LogP contribution is -2.52. The van der Waals surface area contributed by atoms with Crippen LogP contribution in [0.5, 0.6) is 0 Å². The molecule has 0 aromatic heterocycles. The van der Waals surface area contributed by atoms with E-state index in [2.05, 4.69) is 13.8 Å². The number of carbonyl (C=O) groups is 1. The summed E-state index contributed by atoms with van der Waals surface area (Å²) in [4.78, 5) is 12.9. The Bertz CT molecular complexity index is 990. The lowest BCUT2D eigenvalue weighted by atomic mass is 9.45. The van der Waals surface area contributed by atoms with E-state index in [0.717, 1.165) is 29.7 Å². The molecule has 0 saturated heterocycles. The summed E-state index contributed by atoms with van der Waals surface area (Å²) in [7, 11) is 0. The molecule has 0 unspecified atom stereocenters. The first-order valence-corrected chi connectivity index (χ1v) is 13.5. The third-order valence-electron chi connectivity index (χ3n) is 11.0. The van der Waals surface area contributed by atoms with Crippen molar-refractivity contribution < 1.29 is 9.18 Å². The topological polar surface area (TPSA) is 32.7 Å². The van der Waals surface area contributed by atoms with Crippen molar-refractivity contribution in [3.05, 3.63) is 35.6 Å². The van der Waals surface area contributed by atoms with E-state index in [9.17, 15) is 9.18 Å². The zero-order valence-electron chi connectivity index (χ0n) is 20.5. The molecule has 0 N–H and O–H groups in total. The van der Waals surface area contributed by atoms with Gasteiger partial charge in [0, 0.05) is 17.8 Å². The van der Waals surface area contributed by atoms with E-state index in [-0.39, 0.29) is 29.1 Å². The summed E-state index contributed by atoms with van der Waals surface area (Å²) >= 11 is 0. The number of fused-ring (bicyclic) bond motifs is 7. The van der Waals surface area contributed by atoms with Crippen LogP contribution < -0.4 is 0 Å². The molecule has 1 heterocycles. The van der Waals surface area contributed by atoms with Gasteiger partial charge in [-0.1, -0.05) is 45.7 Å². The Hall–Kier alpha value is -1.71. The van der Waals surface area contributed by atoms with Crippen LogP contribution in [0.4, 0.5) is 4.39 Å². The Morgan fingerprint density at radius 2 is 1.97 bits per heavy atom. The van der Waals surface area contributed by atoms with Gasteiger partial charge in [0.2, 0.25) is 5.91 Å². The lowest BCUT2D eigenvalue weighted by molar-refractivity contribution is -0.133. The van der Waals surface area contributed by atoms with Gasteiger partial charge in [0.05, 0.1) is 11.8 Å². The van der Waals surface area contributed by atoms with Crippen LogP contribution in [0.25, 0.3) is 0 Å². The second-order valence-corrected chi connectivity index (χ2v) is 12.3. The van der Waals surface area contributed by atoms with Crippen LogP contribution in [0.15, 0.2) is 29.4 Å².